The lowest BCUT2D eigenvalue weighted by Crippen LogP contribution is -2.27. The second kappa shape index (κ2) is 6.27. The smallest absolute Gasteiger partial charge is 0.268 e. The molecular formula is C15H9N3O3S2. The van der Waals surface area contributed by atoms with Gasteiger partial charge in [0, 0.05) is 18.3 Å². The fourth-order valence-electron chi connectivity index (χ4n) is 2.03. The van der Waals surface area contributed by atoms with Crippen LogP contribution < -0.4 is 4.90 Å². The number of nitrogens with zero attached hydrogens (tertiary/aromatic N) is 3. The van der Waals surface area contributed by atoms with Crippen molar-refractivity contribution in [2.75, 3.05) is 4.90 Å². The molecule has 0 saturated carbocycles. The van der Waals surface area contributed by atoms with Crippen molar-refractivity contribution < 1.29 is 9.72 Å². The average molecular weight is 343 g/mol. The predicted octanol–water partition coefficient (Wildman–Crippen LogP) is 3.40. The SMILES string of the molecule is O=C1/C(=C\c2ccccn2)SC(=S)N1c1cccc([N+](=O)[O-])c1. The monoisotopic (exact) mass is 343 g/mol. The van der Waals surface area contributed by atoms with Gasteiger partial charge in [-0.05, 0) is 24.3 Å². The lowest BCUT2D eigenvalue weighted by Gasteiger charge is -2.13. The number of pyridine rings is 1. The molecule has 0 radical (unpaired) electrons. The second-order valence-corrected chi connectivity index (χ2v) is 6.22. The van der Waals surface area contributed by atoms with Gasteiger partial charge in [0.1, 0.15) is 0 Å². The minimum absolute atomic E-state index is 0.0924. The molecule has 0 N–H and O–H groups in total. The summed E-state index contributed by atoms with van der Waals surface area (Å²) in [6.45, 7) is 0. The standard InChI is InChI=1S/C15H9N3O3S2/c19-14-13(8-10-4-1-2-7-16-10)23-15(22)17(14)11-5-3-6-12(9-11)18(20)21/h1-9H/b13-8+. The minimum Gasteiger partial charge on any atom is -0.268 e. The Bertz CT molecular complexity index is 837. The number of non-ortho nitro benzene ring substituents is 1. The van der Waals surface area contributed by atoms with Crippen molar-refractivity contribution in [1.29, 1.82) is 0 Å². The molecule has 2 heterocycles. The molecule has 1 amide bonds. The van der Waals surface area contributed by atoms with Gasteiger partial charge in [0.25, 0.3) is 11.6 Å². The molecule has 6 nitrogen and oxygen atoms in total. The maximum Gasteiger partial charge on any atom is 0.271 e. The summed E-state index contributed by atoms with van der Waals surface area (Å²) in [5.74, 6) is -0.314. The number of amides is 1. The fourth-order valence-corrected chi connectivity index (χ4v) is 3.32. The molecule has 3 rings (SSSR count). The predicted molar refractivity (Wildman–Crippen MR) is 93.0 cm³/mol. The number of benzene rings is 1. The lowest BCUT2D eigenvalue weighted by molar-refractivity contribution is -0.384. The van der Waals surface area contributed by atoms with Crippen LogP contribution in [0.3, 0.4) is 0 Å². The second-order valence-electron chi connectivity index (χ2n) is 4.55. The number of carbonyl (C=O) groups excluding carboxylic acids is 1. The van der Waals surface area contributed by atoms with E-state index in [1.165, 1.54) is 23.1 Å². The Balaban J connectivity index is 1.95. The Morgan fingerprint density at radius 2 is 2.09 bits per heavy atom. The molecule has 0 aliphatic carbocycles. The molecule has 0 spiro atoms. The van der Waals surface area contributed by atoms with Crippen LogP contribution >= 0.6 is 24.0 Å². The highest BCUT2D eigenvalue weighted by atomic mass is 32.2. The molecule has 1 aliphatic rings. The first-order valence-electron chi connectivity index (χ1n) is 6.50. The molecule has 8 heteroatoms. The van der Waals surface area contributed by atoms with Gasteiger partial charge in [-0.2, -0.15) is 0 Å². The van der Waals surface area contributed by atoms with Gasteiger partial charge >= 0.3 is 0 Å². The number of rotatable bonds is 3. The normalized spacial score (nSPS) is 16.2. The quantitative estimate of drug-likeness (QED) is 0.368. The molecule has 1 aliphatic heterocycles. The molecular weight excluding hydrogens is 334 g/mol. The maximum absolute atomic E-state index is 12.6. The number of hydrogen-bond acceptors (Lipinski definition) is 6. The van der Waals surface area contributed by atoms with E-state index in [9.17, 15) is 14.9 Å². The molecule has 1 aromatic heterocycles. The van der Waals surface area contributed by atoms with Crippen LogP contribution in [0.25, 0.3) is 6.08 Å². The van der Waals surface area contributed by atoms with Crippen molar-refractivity contribution >= 4 is 51.7 Å². The summed E-state index contributed by atoms with van der Waals surface area (Å²) in [7, 11) is 0. The van der Waals surface area contributed by atoms with E-state index in [0.717, 1.165) is 11.8 Å². The van der Waals surface area contributed by atoms with Crippen molar-refractivity contribution in [2.45, 2.75) is 0 Å². The largest absolute Gasteiger partial charge is 0.271 e. The van der Waals surface area contributed by atoms with Gasteiger partial charge in [-0.3, -0.25) is 24.8 Å². The van der Waals surface area contributed by atoms with Crippen LogP contribution in [0, 0.1) is 10.1 Å². The van der Waals surface area contributed by atoms with Crippen LogP contribution in [-0.2, 0) is 4.79 Å². The highest BCUT2D eigenvalue weighted by Crippen LogP contribution is 2.36. The fraction of sp³-hybridized carbons (Fsp3) is 0. The molecule has 1 aromatic carbocycles. The minimum atomic E-state index is -0.509. The number of aromatic nitrogens is 1. The zero-order valence-electron chi connectivity index (χ0n) is 11.6. The highest BCUT2D eigenvalue weighted by molar-refractivity contribution is 8.27. The van der Waals surface area contributed by atoms with E-state index >= 15 is 0 Å². The van der Waals surface area contributed by atoms with E-state index in [1.807, 2.05) is 6.07 Å². The van der Waals surface area contributed by atoms with E-state index < -0.39 is 4.92 Å². The van der Waals surface area contributed by atoms with Gasteiger partial charge in [0.15, 0.2) is 4.32 Å². The summed E-state index contributed by atoms with van der Waals surface area (Å²) >= 11 is 6.38. The topological polar surface area (TPSA) is 76.3 Å². The number of hydrogen-bond donors (Lipinski definition) is 0. The number of thiocarbonyl (C=S) groups is 1. The number of nitro benzene ring substituents is 1. The Morgan fingerprint density at radius 3 is 2.78 bits per heavy atom. The first-order chi connectivity index (χ1) is 11.1. The molecule has 0 bridgehead atoms. The third kappa shape index (κ3) is 3.13. The van der Waals surface area contributed by atoms with Crippen LogP contribution in [0.5, 0.6) is 0 Å². The summed E-state index contributed by atoms with van der Waals surface area (Å²) < 4.78 is 0.331. The van der Waals surface area contributed by atoms with Crippen molar-refractivity contribution in [3.63, 3.8) is 0 Å². The Labute approximate surface area is 141 Å². The van der Waals surface area contributed by atoms with Crippen molar-refractivity contribution in [3.8, 4) is 0 Å². The number of anilines is 1. The Hall–Kier alpha value is -2.58. The van der Waals surface area contributed by atoms with E-state index in [4.69, 9.17) is 12.2 Å². The number of nitro groups is 1. The number of carbonyl (C=O) groups is 1. The van der Waals surface area contributed by atoms with E-state index in [-0.39, 0.29) is 11.6 Å². The molecule has 114 valence electrons. The van der Waals surface area contributed by atoms with Crippen LogP contribution in [0.4, 0.5) is 11.4 Å². The van der Waals surface area contributed by atoms with Crippen molar-refractivity contribution in [2.24, 2.45) is 0 Å². The first kappa shape index (κ1) is 15.3. The van der Waals surface area contributed by atoms with E-state index in [1.54, 1.807) is 30.5 Å². The van der Waals surface area contributed by atoms with E-state index in [2.05, 4.69) is 4.98 Å². The zero-order chi connectivity index (χ0) is 16.4. The van der Waals surface area contributed by atoms with Gasteiger partial charge < -0.3 is 0 Å². The molecule has 0 unspecified atom stereocenters. The van der Waals surface area contributed by atoms with Gasteiger partial charge in [0.05, 0.1) is 21.2 Å². The molecule has 23 heavy (non-hydrogen) atoms. The van der Waals surface area contributed by atoms with E-state index in [0.29, 0.717) is 20.6 Å². The van der Waals surface area contributed by atoms with Gasteiger partial charge in [0.2, 0.25) is 0 Å². The first-order valence-corrected chi connectivity index (χ1v) is 7.72. The summed E-state index contributed by atoms with van der Waals surface area (Å²) in [6, 6.07) is 11.2. The van der Waals surface area contributed by atoms with Crippen molar-refractivity contribution in [1.82, 2.24) is 4.98 Å². The average Bonchev–Trinajstić information content (AvgIpc) is 2.82. The summed E-state index contributed by atoms with van der Waals surface area (Å²) in [5.41, 5.74) is 0.934. The third-order valence-corrected chi connectivity index (χ3v) is 4.36. The summed E-state index contributed by atoms with van der Waals surface area (Å²) in [5, 5.41) is 10.9. The van der Waals surface area contributed by atoms with Crippen LogP contribution in [0.1, 0.15) is 5.69 Å². The van der Waals surface area contributed by atoms with Gasteiger partial charge in [-0.1, -0.05) is 36.1 Å². The van der Waals surface area contributed by atoms with Crippen LogP contribution in [0.15, 0.2) is 53.6 Å². The number of thioether (sulfide) groups is 1. The Morgan fingerprint density at radius 1 is 1.26 bits per heavy atom. The molecule has 1 fully saturated rings. The Kier molecular flexibility index (Phi) is 4.18. The zero-order valence-corrected chi connectivity index (χ0v) is 13.2. The van der Waals surface area contributed by atoms with Crippen LogP contribution in [0.2, 0.25) is 0 Å². The maximum atomic E-state index is 12.6. The van der Waals surface area contributed by atoms with Gasteiger partial charge in [-0.15, -0.1) is 0 Å². The molecule has 2 aromatic rings. The van der Waals surface area contributed by atoms with Crippen molar-refractivity contribution in [3.05, 3.63) is 69.4 Å². The molecule has 1 saturated heterocycles. The lowest BCUT2D eigenvalue weighted by atomic mass is 10.2. The highest BCUT2D eigenvalue weighted by Gasteiger charge is 2.34. The summed E-state index contributed by atoms with van der Waals surface area (Å²) in [6.07, 6.45) is 3.28. The van der Waals surface area contributed by atoms with Crippen LogP contribution in [-0.4, -0.2) is 20.1 Å². The third-order valence-electron chi connectivity index (χ3n) is 3.06. The molecule has 0 atom stereocenters. The van der Waals surface area contributed by atoms with Gasteiger partial charge in [-0.25, -0.2) is 0 Å². The summed E-state index contributed by atoms with van der Waals surface area (Å²) in [4.78, 5) is 28.8.